The lowest BCUT2D eigenvalue weighted by Gasteiger charge is -2.33. The van der Waals surface area contributed by atoms with Crippen LogP contribution in [0.4, 0.5) is 0 Å². The molecule has 0 unspecified atom stereocenters. The summed E-state index contributed by atoms with van der Waals surface area (Å²) in [6.07, 6.45) is 0. The van der Waals surface area contributed by atoms with E-state index in [2.05, 4.69) is 4.98 Å². The van der Waals surface area contributed by atoms with Crippen LogP contribution < -0.4 is 0 Å². The number of aromatic nitrogens is 1. The number of carbonyl (C=O) groups is 1. The molecular formula is C22H23N3O5S. The minimum atomic E-state index is -3.86. The first kappa shape index (κ1) is 21.1. The Labute approximate surface area is 180 Å². The fraction of sp³-hybridized carbons (Fsp3) is 0.273. The summed E-state index contributed by atoms with van der Waals surface area (Å²) >= 11 is 0. The Morgan fingerprint density at radius 2 is 1.71 bits per heavy atom. The van der Waals surface area contributed by atoms with E-state index in [0.29, 0.717) is 11.7 Å². The van der Waals surface area contributed by atoms with Gasteiger partial charge in [0.15, 0.2) is 5.69 Å². The molecule has 1 N–H and O–H groups in total. The number of nitrogens with zero attached hydrogens (tertiary/aromatic N) is 3. The number of hydrogen-bond donors (Lipinski definition) is 1. The van der Waals surface area contributed by atoms with Crippen molar-refractivity contribution in [3.8, 4) is 17.2 Å². The fourth-order valence-corrected chi connectivity index (χ4v) is 5.14. The molecule has 1 aliphatic heterocycles. The number of amides is 1. The number of aryl methyl sites for hydroxylation is 2. The van der Waals surface area contributed by atoms with Gasteiger partial charge < -0.3 is 14.4 Å². The monoisotopic (exact) mass is 441 g/mol. The van der Waals surface area contributed by atoms with Crippen molar-refractivity contribution in [2.45, 2.75) is 18.7 Å². The second-order valence-electron chi connectivity index (χ2n) is 7.46. The summed E-state index contributed by atoms with van der Waals surface area (Å²) in [5.41, 5.74) is 1.74. The number of phenols is 1. The molecule has 0 saturated carbocycles. The summed E-state index contributed by atoms with van der Waals surface area (Å²) in [5, 5.41) is 10.0. The molecule has 1 saturated heterocycles. The van der Waals surface area contributed by atoms with E-state index in [-0.39, 0.29) is 48.4 Å². The first-order chi connectivity index (χ1) is 14.8. The van der Waals surface area contributed by atoms with Gasteiger partial charge in [0.2, 0.25) is 15.9 Å². The second kappa shape index (κ2) is 8.16. The van der Waals surface area contributed by atoms with Crippen molar-refractivity contribution in [3.05, 3.63) is 65.5 Å². The lowest BCUT2D eigenvalue weighted by molar-refractivity contribution is 0.0690. The molecular weight excluding hydrogens is 418 g/mol. The van der Waals surface area contributed by atoms with Gasteiger partial charge in [-0.05, 0) is 43.7 Å². The zero-order valence-electron chi connectivity index (χ0n) is 17.3. The van der Waals surface area contributed by atoms with Crippen molar-refractivity contribution >= 4 is 15.9 Å². The number of oxazole rings is 1. The standard InChI is InChI=1S/C22H23N3O5S/c1-15-8-9-18(26)19(14-15)31(28,29)25-12-10-24(11-13-25)22(27)20-16(2)30-21(23-20)17-6-4-3-5-7-17/h3-9,14,26H,10-13H2,1-2H3. The molecule has 3 aromatic rings. The number of phenolic OH excluding ortho intramolecular Hbond substituents is 1. The number of piperazine rings is 1. The molecule has 4 rings (SSSR count). The summed E-state index contributed by atoms with van der Waals surface area (Å²) < 4.78 is 32.9. The third kappa shape index (κ3) is 4.06. The van der Waals surface area contributed by atoms with Gasteiger partial charge in [-0.15, -0.1) is 0 Å². The molecule has 8 nitrogen and oxygen atoms in total. The third-order valence-electron chi connectivity index (χ3n) is 5.28. The van der Waals surface area contributed by atoms with Crippen LogP contribution in [0, 0.1) is 13.8 Å². The van der Waals surface area contributed by atoms with Gasteiger partial charge in [-0.25, -0.2) is 13.4 Å². The molecule has 0 radical (unpaired) electrons. The minimum Gasteiger partial charge on any atom is -0.507 e. The highest BCUT2D eigenvalue weighted by molar-refractivity contribution is 7.89. The highest BCUT2D eigenvalue weighted by Gasteiger charge is 2.33. The maximum Gasteiger partial charge on any atom is 0.276 e. The van der Waals surface area contributed by atoms with Crippen molar-refractivity contribution in [2.24, 2.45) is 0 Å². The maximum absolute atomic E-state index is 13.0. The Kier molecular flexibility index (Phi) is 5.55. The van der Waals surface area contributed by atoms with Gasteiger partial charge in [0.25, 0.3) is 5.91 Å². The Morgan fingerprint density at radius 1 is 1.03 bits per heavy atom. The van der Waals surface area contributed by atoms with Gasteiger partial charge in [0.05, 0.1) is 0 Å². The third-order valence-corrected chi connectivity index (χ3v) is 7.21. The topological polar surface area (TPSA) is 104 Å². The number of aromatic hydroxyl groups is 1. The molecule has 1 amide bonds. The van der Waals surface area contributed by atoms with E-state index >= 15 is 0 Å². The normalized spacial score (nSPS) is 15.2. The van der Waals surface area contributed by atoms with E-state index in [1.165, 1.54) is 16.4 Å². The SMILES string of the molecule is Cc1ccc(O)c(S(=O)(=O)N2CCN(C(=O)c3nc(-c4ccccc4)oc3C)CC2)c1. The van der Waals surface area contributed by atoms with Crippen LogP contribution in [0.2, 0.25) is 0 Å². The van der Waals surface area contributed by atoms with Crippen LogP contribution in [0.1, 0.15) is 21.8 Å². The molecule has 0 bridgehead atoms. The molecule has 0 aliphatic carbocycles. The van der Waals surface area contributed by atoms with Gasteiger partial charge in [0.1, 0.15) is 16.4 Å². The van der Waals surface area contributed by atoms with E-state index in [4.69, 9.17) is 4.42 Å². The lowest BCUT2D eigenvalue weighted by Crippen LogP contribution is -2.50. The maximum atomic E-state index is 13.0. The molecule has 2 aromatic carbocycles. The van der Waals surface area contributed by atoms with E-state index < -0.39 is 10.0 Å². The summed E-state index contributed by atoms with van der Waals surface area (Å²) in [7, 11) is -3.86. The van der Waals surface area contributed by atoms with Crippen LogP contribution in [0.15, 0.2) is 57.8 Å². The van der Waals surface area contributed by atoms with Gasteiger partial charge in [0, 0.05) is 31.7 Å². The highest BCUT2D eigenvalue weighted by Crippen LogP contribution is 2.28. The predicted molar refractivity (Wildman–Crippen MR) is 114 cm³/mol. The molecule has 1 aliphatic rings. The average Bonchev–Trinajstić information content (AvgIpc) is 3.17. The van der Waals surface area contributed by atoms with Crippen molar-refractivity contribution in [3.63, 3.8) is 0 Å². The summed E-state index contributed by atoms with van der Waals surface area (Å²) in [4.78, 5) is 18.8. The molecule has 1 fully saturated rings. The number of rotatable bonds is 4. The molecule has 0 atom stereocenters. The predicted octanol–water partition coefficient (Wildman–Crippen LogP) is 2.81. The van der Waals surface area contributed by atoms with Crippen LogP contribution >= 0.6 is 0 Å². The smallest absolute Gasteiger partial charge is 0.276 e. The Balaban J connectivity index is 1.48. The van der Waals surface area contributed by atoms with E-state index in [9.17, 15) is 18.3 Å². The average molecular weight is 442 g/mol. The molecule has 31 heavy (non-hydrogen) atoms. The van der Waals surface area contributed by atoms with Crippen molar-refractivity contribution in [1.29, 1.82) is 0 Å². The second-order valence-corrected chi connectivity index (χ2v) is 9.36. The van der Waals surface area contributed by atoms with Crippen LogP contribution in [-0.2, 0) is 10.0 Å². The first-order valence-electron chi connectivity index (χ1n) is 9.89. The van der Waals surface area contributed by atoms with E-state index in [1.54, 1.807) is 24.8 Å². The van der Waals surface area contributed by atoms with Crippen LogP contribution in [0.3, 0.4) is 0 Å². The Morgan fingerprint density at radius 3 is 2.39 bits per heavy atom. The van der Waals surface area contributed by atoms with Crippen LogP contribution in [0.25, 0.3) is 11.5 Å². The zero-order valence-corrected chi connectivity index (χ0v) is 18.1. The molecule has 0 spiro atoms. The Bertz CT molecular complexity index is 1210. The quantitative estimate of drug-likeness (QED) is 0.668. The van der Waals surface area contributed by atoms with Crippen LogP contribution in [-0.4, -0.2) is 59.8 Å². The van der Waals surface area contributed by atoms with Crippen LogP contribution in [0.5, 0.6) is 5.75 Å². The highest BCUT2D eigenvalue weighted by atomic mass is 32.2. The minimum absolute atomic E-state index is 0.118. The number of benzene rings is 2. The van der Waals surface area contributed by atoms with Gasteiger partial charge in [-0.2, -0.15) is 4.31 Å². The zero-order chi connectivity index (χ0) is 22.2. The molecule has 2 heterocycles. The first-order valence-corrected chi connectivity index (χ1v) is 11.3. The number of hydrogen-bond acceptors (Lipinski definition) is 6. The summed E-state index contributed by atoms with van der Waals surface area (Å²) in [6, 6.07) is 13.8. The fourth-order valence-electron chi connectivity index (χ4n) is 3.55. The Hall–Kier alpha value is -3.17. The lowest BCUT2D eigenvalue weighted by atomic mass is 10.2. The van der Waals surface area contributed by atoms with Crippen molar-refractivity contribution in [2.75, 3.05) is 26.2 Å². The molecule has 9 heteroatoms. The molecule has 1 aromatic heterocycles. The largest absolute Gasteiger partial charge is 0.507 e. The van der Waals surface area contributed by atoms with Crippen molar-refractivity contribution < 1.29 is 22.7 Å². The van der Waals surface area contributed by atoms with E-state index in [0.717, 1.165) is 11.1 Å². The van der Waals surface area contributed by atoms with Gasteiger partial charge in [-0.1, -0.05) is 24.3 Å². The summed E-state index contributed by atoms with van der Waals surface area (Å²) in [5.74, 6) is 0.218. The van der Waals surface area contributed by atoms with Gasteiger partial charge in [-0.3, -0.25) is 4.79 Å². The number of sulfonamides is 1. The van der Waals surface area contributed by atoms with Crippen molar-refractivity contribution in [1.82, 2.24) is 14.2 Å². The van der Waals surface area contributed by atoms with E-state index in [1.807, 2.05) is 30.3 Å². The number of carbonyl (C=O) groups excluding carboxylic acids is 1. The van der Waals surface area contributed by atoms with Gasteiger partial charge >= 0.3 is 0 Å². The summed E-state index contributed by atoms with van der Waals surface area (Å²) in [6.45, 7) is 4.15. The molecule has 162 valence electrons.